The highest BCUT2D eigenvalue weighted by molar-refractivity contribution is 6.11. The normalized spacial score (nSPS) is 10.3. The first-order valence-electron chi connectivity index (χ1n) is 7.24. The molecular formula is C19H17NO3. The minimum atomic E-state index is -0.268. The fourth-order valence-electron chi connectivity index (χ4n) is 2.59. The van der Waals surface area contributed by atoms with E-state index in [2.05, 4.69) is 5.32 Å². The Balaban J connectivity index is 2.02. The standard InChI is InChI=1S/C19H17NO3/c1-22-16-11-6-12-17(23-2)18(16)19(21)20-15-10-5-8-13-7-3-4-9-14(13)15/h3-12H,1-2H3,(H,20,21). The summed E-state index contributed by atoms with van der Waals surface area (Å²) < 4.78 is 10.6. The monoisotopic (exact) mass is 307 g/mol. The van der Waals surface area contributed by atoms with Gasteiger partial charge in [0, 0.05) is 11.1 Å². The van der Waals surface area contributed by atoms with Gasteiger partial charge in [-0.15, -0.1) is 0 Å². The van der Waals surface area contributed by atoms with Gasteiger partial charge in [-0.25, -0.2) is 0 Å². The molecule has 0 aliphatic heterocycles. The molecular weight excluding hydrogens is 290 g/mol. The summed E-state index contributed by atoms with van der Waals surface area (Å²) in [5.41, 5.74) is 1.13. The summed E-state index contributed by atoms with van der Waals surface area (Å²) in [6.45, 7) is 0. The van der Waals surface area contributed by atoms with Crippen LogP contribution in [-0.4, -0.2) is 20.1 Å². The highest BCUT2D eigenvalue weighted by Gasteiger charge is 2.18. The SMILES string of the molecule is COc1cccc(OC)c1C(=O)Nc1cccc2ccccc12. The third-order valence-corrected chi connectivity index (χ3v) is 3.69. The van der Waals surface area contributed by atoms with Crippen LogP contribution < -0.4 is 14.8 Å². The quantitative estimate of drug-likeness (QED) is 0.789. The predicted molar refractivity (Wildman–Crippen MR) is 91.4 cm³/mol. The molecule has 3 aromatic rings. The van der Waals surface area contributed by atoms with Crippen LogP contribution in [0.3, 0.4) is 0 Å². The third kappa shape index (κ3) is 2.83. The van der Waals surface area contributed by atoms with Gasteiger partial charge in [0.25, 0.3) is 5.91 Å². The average Bonchev–Trinajstić information content (AvgIpc) is 2.61. The van der Waals surface area contributed by atoms with Crippen LogP contribution in [0.4, 0.5) is 5.69 Å². The second-order valence-electron chi connectivity index (χ2n) is 5.02. The van der Waals surface area contributed by atoms with Crippen LogP contribution >= 0.6 is 0 Å². The molecule has 0 heterocycles. The molecule has 0 aliphatic rings. The number of rotatable bonds is 4. The summed E-state index contributed by atoms with van der Waals surface area (Å²) in [6.07, 6.45) is 0. The Morgan fingerprint density at radius 2 is 1.43 bits per heavy atom. The zero-order valence-electron chi connectivity index (χ0n) is 13.0. The molecule has 1 amide bonds. The molecule has 4 nitrogen and oxygen atoms in total. The van der Waals surface area contributed by atoms with Crippen LogP contribution in [0, 0.1) is 0 Å². The van der Waals surface area contributed by atoms with Crippen molar-refractivity contribution in [1.29, 1.82) is 0 Å². The van der Waals surface area contributed by atoms with E-state index < -0.39 is 0 Å². The molecule has 0 radical (unpaired) electrons. The molecule has 0 unspecified atom stereocenters. The lowest BCUT2D eigenvalue weighted by atomic mass is 10.1. The topological polar surface area (TPSA) is 47.6 Å². The van der Waals surface area contributed by atoms with Crippen molar-refractivity contribution in [2.45, 2.75) is 0 Å². The zero-order valence-corrected chi connectivity index (χ0v) is 13.0. The molecule has 3 aromatic carbocycles. The predicted octanol–water partition coefficient (Wildman–Crippen LogP) is 4.11. The summed E-state index contributed by atoms with van der Waals surface area (Å²) in [6, 6.07) is 19.0. The summed E-state index contributed by atoms with van der Waals surface area (Å²) in [5, 5.41) is 5.00. The van der Waals surface area contributed by atoms with E-state index in [1.807, 2.05) is 42.5 Å². The lowest BCUT2D eigenvalue weighted by Crippen LogP contribution is -2.14. The van der Waals surface area contributed by atoms with Crippen molar-refractivity contribution in [1.82, 2.24) is 0 Å². The van der Waals surface area contributed by atoms with E-state index in [1.165, 1.54) is 14.2 Å². The second kappa shape index (κ2) is 6.40. The number of fused-ring (bicyclic) bond motifs is 1. The summed E-state index contributed by atoms with van der Waals surface area (Å²) in [5.74, 6) is 0.680. The minimum Gasteiger partial charge on any atom is -0.496 e. The number of benzene rings is 3. The van der Waals surface area contributed by atoms with Crippen molar-refractivity contribution in [3.63, 3.8) is 0 Å². The molecule has 0 aliphatic carbocycles. The number of anilines is 1. The molecule has 0 atom stereocenters. The van der Waals surface area contributed by atoms with E-state index in [1.54, 1.807) is 18.2 Å². The van der Waals surface area contributed by atoms with Crippen LogP contribution in [0.25, 0.3) is 10.8 Å². The van der Waals surface area contributed by atoms with Crippen molar-refractivity contribution >= 4 is 22.4 Å². The Morgan fingerprint density at radius 3 is 2.13 bits per heavy atom. The van der Waals surface area contributed by atoms with Gasteiger partial charge in [0.05, 0.1) is 14.2 Å². The van der Waals surface area contributed by atoms with Gasteiger partial charge in [-0.1, -0.05) is 42.5 Å². The number of nitrogens with one attached hydrogen (secondary N) is 1. The highest BCUT2D eigenvalue weighted by atomic mass is 16.5. The van der Waals surface area contributed by atoms with E-state index in [0.29, 0.717) is 17.1 Å². The van der Waals surface area contributed by atoms with E-state index in [-0.39, 0.29) is 5.91 Å². The molecule has 0 bridgehead atoms. The molecule has 1 N–H and O–H groups in total. The van der Waals surface area contributed by atoms with E-state index >= 15 is 0 Å². The van der Waals surface area contributed by atoms with Gasteiger partial charge in [-0.3, -0.25) is 4.79 Å². The fraction of sp³-hybridized carbons (Fsp3) is 0.105. The molecule has 3 rings (SSSR count). The summed E-state index contributed by atoms with van der Waals surface area (Å²) in [4.78, 5) is 12.7. The van der Waals surface area contributed by atoms with Gasteiger partial charge in [0.2, 0.25) is 0 Å². The van der Waals surface area contributed by atoms with Gasteiger partial charge in [-0.2, -0.15) is 0 Å². The number of methoxy groups -OCH3 is 2. The maximum absolute atomic E-state index is 12.7. The molecule has 0 spiro atoms. The lowest BCUT2D eigenvalue weighted by Gasteiger charge is -2.14. The zero-order chi connectivity index (χ0) is 16.2. The molecule has 4 heteroatoms. The Morgan fingerprint density at radius 1 is 0.826 bits per heavy atom. The minimum absolute atomic E-state index is 0.268. The molecule has 116 valence electrons. The highest BCUT2D eigenvalue weighted by Crippen LogP contribution is 2.30. The van der Waals surface area contributed by atoms with Crippen molar-refractivity contribution < 1.29 is 14.3 Å². The van der Waals surface area contributed by atoms with E-state index in [0.717, 1.165) is 16.5 Å². The number of amides is 1. The number of ether oxygens (including phenoxy) is 2. The van der Waals surface area contributed by atoms with Crippen molar-refractivity contribution in [3.05, 3.63) is 66.2 Å². The number of carbonyl (C=O) groups excluding carboxylic acids is 1. The largest absolute Gasteiger partial charge is 0.496 e. The summed E-state index contributed by atoms with van der Waals surface area (Å²) in [7, 11) is 3.06. The molecule has 0 saturated heterocycles. The fourth-order valence-corrected chi connectivity index (χ4v) is 2.59. The first kappa shape index (κ1) is 14.9. The first-order chi connectivity index (χ1) is 11.2. The van der Waals surface area contributed by atoms with Gasteiger partial charge in [0.15, 0.2) is 0 Å². The van der Waals surface area contributed by atoms with Crippen molar-refractivity contribution in [2.75, 3.05) is 19.5 Å². The molecule has 0 fully saturated rings. The van der Waals surface area contributed by atoms with E-state index in [4.69, 9.17) is 9.47 Å². The average molecular weight is 307 g/mol. The van der Waals surface area contributed by atoms with Crippen LogP contribution in [0.5, 0.6) is 11.5 Å². The smallest absolute Gasteiger partial charge is 0.263 e. The maximum Gasteiger partial charge on any atom is 0.263 e. The maximum atomic E-state index is 12.7. The van der Waals surface area contributed by atoms with Gasteiger partial charge >= 0.3 is 0 Å². The Hall–Kier alpha value is -3.01. The van der Waals surface area contributed by atoms with Gasteiger partial charge in [-0.05, 0) is 23.6 Å². The Kier molecular flexibility index (Phi) is 4.15. The first-order valence-corrected chi connectivity index (χ1v) is 7.24. The van der Waals surface area contributed by atoms with Crippen LogP contribution in [0.2, 0.25) is 0 Å². The third-order valence-electron chi connectivity index (χ3n) is 3.69. The second-order valence-corrected chi connectivity index (χ2v) is 5.02. The number of hydrogen-bond acceptors (Lipinski definition) is 3. The Labute approximate surface area is 134 Å². The van der Waals surface area contributed by atoms with Crippen LogP contribution in [0.15, 0.2) is 60.7 Å². The summed E-state index contributed by atoms with van der Waals surface area (Å²) >= 11 is 0. The molecule has 0 saturated carbocycles. The van der Waals surface area contributed by atoms with Crippen LogP contribution in [-0.2, 0) is 0 Å². The molecule has 0 aromatic heterocycles. The Bertz CT molecular complexity index is 831. The number of carbonyl (C=O) groups is 1. The molecule has 23 heavy (non-hydrogen) atoms. The van der Waals surface area contributed by atoms with Crippen molar-refractivity contribution in [2.24, 2.45) is 0 Å². The van der Waals surface area contributed by atoms with Gasteiger partial charge in [0.1, 0.15) is 17.1 Å². The van der Waals surface area contributed by atoms with Crippen LogP contribution in [0.1, 0.15) is 10.4 Å². The number of hydrogen-bond donors (Lipinski definition) is 1. The lowest BCUT2D eigenvalue weighted by molar-refractivity contribution is 0.102. The van der Waals surface area contributed by atoms with Gasteiger partial charge < -0.3 is 14.8 Å². The van der Waals surface area contributed by atoms with E-state index in [9.17, 15) is 4.79 Å². The van der Waals surface area contributed by atoms with Crippen molar-refractivity contribution in [3.8, 4) is 11.5 Å².